The summed E-state index contributed by atoms with van der Waals surface area (Å²) < 4.78 is 5.42. The van der Waals surface area contributed by atoms with Crippen LogP contribution >= 0.6 is 0 Å². The molecule has 172 valence electrons. The second-order valence-corrected chi connectivity index (χ2v) is 13.5. The van der Waals surface area contributed by atoms with E-state index < -0.39 is 0 Å². The molecule has 0 aromatic heterocycles. The lowest BCUT2D eigenvalue weighted by Crippen LogP contribution is -2.67. The number of hydrogen-bond acceptors (Lipinski definition) is 3. The molecule has 1 amide bonds. The lowest BCUT2D eigenvalue weighted by Gasteiger charge is -2.73. The number of methoxy groups -OCH3 is 1. The van der Waals surface area contributed by atoms with Crippen LogP contribution in [-0.2, 0) is 14.3 Å². The molecule has 8 saturated carbocycles. The van der Waals surface area contributed by atoms with Crippen LogP contribution in [0.15, 0.2) is 0 Å². The van der Waals surface area contributed by atoms with E-state index in [2.05, 4.69) is 13.8 Å². The molecule has 8 bridgehead atoms. The average Bonchev–Trinajstić information content (AvgIpc) is 2.70. The molecule has 0 aromatic rings. The van der Waals surface area contributed by atoms with Crippen molar-refractivity contribution in [2.45, 2.75) is 96.9 Å². The molecule has 8 fully saturated rings. The van der Waals surface area contributed by atoms with Crippen molar-refractivity contribution in [3.05, 3.63) is 0 Å². The minimum Gasteiger partial charge on any atom is -0.469 e. The van der Waals surface area contributed by atoms with E-state index in [1.807, 2.05) is 11.9 Å². The van der Waals surface area contributed by atoms with Gasteiger partial charge in [0.15, 0.2) is 0 Å². The van der Waals surface area contributed by atoms with Gasteiger partial charge in [0.25, 0.3) is 0 Å². The number of ether oxygens (including phenoxy) is 1. The molecule has 4 unspecified atom stereocenters. The van der Waals surface area contributed by atoms with Crippen LogP contribution in [0, 0.1) is 45.3 Å². The predicted molar refractivity (Wildman–Crippen MR) is 119 cm³/mol. The molecule has 0 spiro atoms. The van der Waals surface area contributed by atoms with Crippen molar-refractivity contribution >= 4 is 11.9 Å². The number of hydrogen-bond donors (Lipinski definition) is 0. The summed E-state index contributed by atoms with van der Waals surface area (Å²) in [5.74, 6) is 3.31. The molecular formula is C27H41NO3. The first-order valence-corrected chi connectivity index (χ1v) is 13.0. The predicted octanol–water partition coefficient (Wildman–Crippen LogP) is 5.20. The molecule has 0 saturated heterocycles. The van der Waals surface area contributed by atoms with E-state index in [9.17, 15) is 9.59 Å². The molecule has 8 aliphatic rings. The van der Waals surface area contributed by atoms with Gasteiger partial charge >= 0.3 is 5.97 Å². The summed E-state index contributed by atoms with van der Waals surface area (Å²) in [6.45, 7) is 4.29. The van der Waals surface area contributed by atoms with Gasteiger partial charge in [-0.05, 0) is 125 Å². The van der Waals surface area contributed by atoms with E-state index in [0.29, 0.717) is 29.6 Å². The Kier molecular flexibility index (Phi) is 4.17. The summed E-state index contributed by atoms with van der Waals surface area (Å²) in [6.07, 6.45) is 14.4. The summed E-state index contributed by atoms with van der Waals surface area (Å²) >= 11 is 0. The molecule has 31 heavy (non-hydrogen) atoms. The Morgan fingerprint density at radius 2 is 1.19 bits per heavy atom. The smallest absolute Gasteiger partial charge is 0.311 e. The Morgan fingerprint density at radius 1 is 0.774 bits per heavy atom. The highest BCUT2D eigenvalue weighted by atomic mass is 16.5. The van der Waals surface area contributed by atoms with Gasteiger partial charge in [-0.2, -0.15) is 0 Å². The van der Waals surface area contributed by atoms with Gasteiger partial charge < -0.3 is 9.64 Å². The van der Waals surface area contributed by atoms with Crippen molar-refractivity contribution in [3.8, 4) is 0 Å². The number of amides is 1. The lowest BCUT2D eigenvalue weighted by atomic mass is 9.31. The number of esters is 1. The van der Waals surface area contributed by atoms with Crippen molar-refractivity contribution in [2.75, 3.05) is 14.2 Å². The van der Waals surface area contributed by atoms with Gasteiger partial charge in [0.1, 0.15) is 0 Å². The highest BCUT2D eigenvalue weighted by Gasteiger charge is 2.72. The zero-order valence-electron chi connectivity index (χ0n) is 20.0. The zero-order chi connectivity index (χ0) is 21.8. The number of carbonyl (C=O) groups is 2. The fraction of sp³-hybridized carbons (Fsp3) is 0.926. The van der Waals surface area contributed by atoms with Crippen LogP contribution in [0.3, 0.4) is 0 Å². The van der Waals surface area contributed by atoms with E-state index in [-0.39, 0.29) is 33.7 Å². The zero-order valence-corrected chi connectivity index (χ0v) is 20.0. The van der Waals surface area contributed by atoms with Crippen molar-refractivity contribution in [2.24, 2.45) is 45.3 Å². The molecule has 0 aliphatic heterocycles. The fourth-order valence-electron chi connectivity index (χ4n) is 11.1. The Labute approximate surface area is 187 Å². The number of rotatable bonds is 4. The monoisotopic (exact) mass is 427 g/mol. The van der Waals surface area contributed by atoms with Gasteiger partial charge in [-0.1, -0.05) is 0 Å². The van der Waals surface area contributed by atoms with Gasteiger partial charge in [-0.15, -0.1) is 0 Å². The van der Waals surface area contributed by atoms with Crippen molar-refractivity contribution in [3.63, 3.8) is 0 Å². The molecule has 4 heteroatoms. The van der Waals surface area contributed by atoms with Crippen molar-refractivity contribution in [1.82, 2.24) is 4.90 Å². The maximum absolute atomic E-state index is 13.9. The maximum Gasteiger partial charge on any atom is 0.311 e. The quantitative estimate of drug-likeness (QED) is 0.579. The standard InChI is InChI=1S/C27H41NO3/c1-17(2)28(3)22(29)24-7-18-5-19(8-24)12-26(11-18,15-24)27-13-20-6-21(14-27)10-25(9-20,16-27)23(30)31-4/h17-21H,5-16H2,1-4H3. The first-order chi connectivity index (χ1) is 14.6. The lowest BCUT2D eigenvalue weighted by molar-refractivity contribution is -0.241. The van der Waals surface area contributed by atoms with Crippen LogP contribution in [0.1, 0.15) is 90.9 Å². The third kappa shape index (κ3) is 2.60. The summed E-state index contributed by atoms with van der Waals surface area (Å²) in [4.78, 5) is 29.0. The van der Waals surface area contributed by atoms with Crippen LogP contribution < -0.4 is 0 Å². The van der Waals surface area contributed by atoms with Crippen molar-refractivity contribution < 1.29 is 14.3 Å². The third-order valence-corrected chi connectivity index (χ3v) is 11.4. The Hall–Kier alpha value is -1.06. The SMILES string of the molecule is COC(=O)C12CC3CC(C1)CC(C14CC5CC(CC(C(=O)N(C)C(C)C)(C5)C1)C4)(C3)C2. The van der Waals surface area contributed by atoms with E-state index >= 15 is 0 Å². The van der Waals surface area contributed by atoms with E-state index in [1.54, 1.807) is 7.11 Å². The van der Waals surface area contributed by atoms with Crippen LogP contribution in [0.4, 0.5) is 0 Å². The summed E-state index contributed by atoms with van der Waals surface area (Å²) in [5.41, 5.74) is 0.186. The highest BCUT2D eigenvalue weighted by Crippen LogP contribution is 2.78. The molecular weight excluding hydrogens is 386 g/mol. The molecule has 0 aromatic carbocycles. The Morgan fingerprint density at radius 3 is 1.61 bits per heavy atom. The molecule has 0 radical (unpaired) electrons. The van der Waals surface area contributed by atoms with Gasteiger partial charge in [-0.25, -0.2) is 0 Å². The van der Waals surface area contributed by atoms with Crippen LogP contribution in [0.5, 0.6) is 0 Å². The van der Waals surface area contributed by atoms with Crippen molar-refractivity contribution in [1.29, 1.82) is 0 Å². The maximum atomic E-state index is 13.9. The topological polar surface area (TPSA) is 46.6 Å². The second-order valence-electron chi connectivity index (χ2n) is 13.5. The van der Waals surface area contributed by atoms with E-state index in [0.717, 1.165) is 38.5 Å². The number of carbonyl (C=O) groups excluding carboxylic acids is 2. The van der Waals surface area contributed by atoms with E-state index in [4.69, 9.17) is 4.74 Å². The highest BCUT2D eigenvalue weighted by molar-refractivity contribution is 5.83. The van der Waals surface area contributed by atoms with Crippen LogP contribution in [-0.4, -0.2) is 37.0 Å². The molecule has 0 heterocycles. The molecule has 0 N–H and O–H groups in total. The first-order valence-electron chi connectivity index (χ1n) is 13.0. The van der Waals surface area contributed by atoms with Gasteiger partial charge in [0, 0.05) is 13.1 Å². The number of nitrogens with zero attached hydrogens (tertiary/aromatic N) is 1. The molecule has 8 rings (SSSR count). The van der Waals surface area contributed by atoms with Crippen LogP contribution in [0.2, 0.25) is 0 Å². The molecule has 4 nitrogen and oxygen atoms in total. The summed E-state index contributed by atoms with van der Waals surface area (Å²) in [7, 11) is 3.61. The first kappa shape index (κ1) is 20.5. The minimum absolute atomic E-state index is 0.0704. The van der Waals surface area contributed by atoms with E-state index in [1.165, 1.54) is 38.5 Å². The fourth-order valence-corrected chi connectivity index (χ4v) is 11.1. The molecule has 4 atom stereocenters. The Bertz CT molecular complexity index is 787. The van der Waals surface area contributed by atoms with Crippen LogP contribution in [0.25, 0.3) is 0 Å². The normalized spacial score (nSPS) is 51.4. The average molecular weight is 428 g/mol. The summed E-state index contributed by atoms with van der Waals surface area (Å²) in [6, 6.07) is 0.263. The Balaban J connectivity index is 1.41. The molecule has 8 aliphatic carbocycles. The van der Waals surface area contributed by atoms with Gasteiger partial charge in [0.05, 0.1) is 17.9 Å². The summed E-state index contributed by atoms with van der Waals surface area (Å²) in [5, 5.41) is 0. The minimum atomic E-state index is -0.228. The van der Waals surface area contributed by atoms with Gasteiger partial charge in [0.2, 0.25) is 5.91 Å². The third-order valence-electron chi connectivity index (χ3n) is 11.4. The van der Waals surface area contributed by atoms with Gasteiger partial charge in [-0.3, -0.25) is 9.59 Å². The largest absolute Gasteiger partial charge is 0.469 e. The second kappa shape index (κ2) is 6.29.